The van der Waals surface area contributed by atoms with Crippen LogP contribution in [0.3, 0.4) is 0 Å². The maximum Gasteiger partial charge on any atom is 0.195 e. The summed E-state index contributed by atoms with van der Waals surface area (Å²) in [5, 5.41) is 7.17. The molecular formula is C10H19N3S2. The highest BCUT2D eigenvalue weighted by molar-refractivity contribution is 7.98. The van der Waals surface area contributed by atoms with E-state index in [9.17, 15) is 0 Å². The lowest BCUT2D eigenvalue weighted by Crippen LogP contribution is -2.11. The normalized spacial score (nSPS) is 13.4. The van der Waals surface area contributed by atoms with E-state index in [0.717, 1.165) is 22.8 Å². The van der Waals surface area contributed by atoms with Crippen LogP contribution in [0.1, 0.15) is 45.0 Å². The van der Waals surface area contributed by atoms with E-state index in [1.54, 1.807) is 0 Å². The molecule has 1 rings (SSSR count). The van der Waals surface area contributed by atoms with Crippen LogP contribution in [0.15, 0.2) is 0 Å². The number of thioether (sulfide) groups is 1. The molecule has 1 atom stereocenters. The molecule has 0 spiro atoms. The van der Waals surface area contributed by atoms with E-state index in [-0.39, 0.29) is 0 Å². The van der Waals surface area contributed by atoms with Crippen molar-refractivity contribution in [1.82, 2.24) is 14.8 Å². The standard InChI is InChI=1S/C10H19N3S2/c1-7(2)9-11-12-10(14)13(9)8(3)5-6-15-4/h7-8H,5-6H2,1-4H3,(H,12,14). The van der Waals surface area contributed by atoms with Gasteiger partial charge in [0.1, 0.15) is 5.82 Å². The van der Waals surface area contributed by atoms with Gasteiger partial charge in [0.15, 0.2) is 4.77 Å². The third kappa shape index (κ3) is 3.08. The highest BCUT2D eigenvalue weighted by Gasteiger charge is 2.14. The van der Waals surface area contributed by atoms with Gasteiger partial charge < -0.3 is 4.57 Å². The van der Waals surface area contributed by atoms with Crippen molar-refractivity contribution in [2.75, 3.05) is 12.0 Å². The molecule has 1 heterocycles. The van der Waals surface area contributed by atoms with Gasteiger partial charge in [-0.1, -0.05) is 13.8 Å². The third-order valence-corrected chi connectivity index (χ3v) is 3.36. The predicted octanol–water partition coefficient (Wildman–Crippen LogP) is 3.38. The van der Waals surface area contributed by atoms with Gasteiger partial charge >= 0.3 is 0 Å². The molecule has 0 aliphatic rings. The second-order valence-corrected chi connectivity index (χ2v) is 5.41. The maximum atomic E-state index is 5.26. The molecule has 5 heteroatoms. The Bertz CT molecular complexity index is 354. The van der Waals surface area contributed by atoms with Gasteiger partial charge in [-0.05, 0) is 37.6 Å². The predicted molar refractivity (Wildman–Crippen MR) is 69.2 cm³/mol. The third-order valence-electron chi connectivity index (χ3n) is 2.43. The number of nitrogens with zero attached hydrogens (tertiary/aromatic N) is 2. The van der Waals surface area contributed by atoms with Crippen molar-refractivity contribution >= 4 is 24.0 Å². The molecule has 1 unspecified atom stereocenters. The number of H-pyrrole nitrogens is 1. The van der Waals surface area contributed by atoms with Gasteiger partial charge in [-0.25, -0.2) is 0 Å². The number of aromatic amines is 1. The Balaban J connectivity index is 2.91. The minimum Gasteiger partial charge on any atom is -0.301 e. The summed E-state index contributed by atoms with van der Waals surface area (Å²) in [6.07, 6.45) is 3.26. The molecular weight excluding hydrogens is 226 g/mol. The lowest BCUT2D eigenvalue weighted by atomic mass is 10.2. The zero-order chi connectivity index (χ0) is 11.4. The Morgan fingerprint density at radius 1 is 1.47 bits per heavy atom. The molecule has 3 nitrogen and oxygen atoms in total. The summed E-state index contributed by atoms with van der Waals surface area (Å²) in [6.45, 7) is 6.49. The Morgan fingerprint density at radius 3 is 2.67 bits per heavy atom. The van der Waals surface area contributed by atoms with Gasteiger partial charge in [-0.15, -0.1) is 0 Å². The smallest absolute Gasteiger partial charge is 0.195 e. The molecule has 1 aromatic heterocycles. The fourth-order valence-electron chi connectivity index (χ4n) is 1.57. The number of hydrogen-bond donors (Lipinski definition) is 1. The fraction of sp³-hybridized carbons (Fsp3) is 0.800. The molecule has 0 aromatic carbocycles. The molecule has 0 saturated heterocycles. The highest BCUT2D eigenvalue weighted by Crippen LogP contribution is 2.20. The second kappa shape index (κ2) is 5.70. The van der Waals surface area contributed by atoms with E-state index >= 15 is 0 Å². The highest BCUT2D eigenvalue weighted by atomic mass is 32.2. The monoisotopic (exact) mass is 245 g/mol. The van der Waals surface area contributed by atoms with E-state index in [1.165, 1.54) is 0 Å². The van der Waals surface area contributed by atoms with Gasteiger partial charge in [0.25, 0.3) is 0 Å². The summed E-state index contributed by atoms with van der Waals surface area (Å²) in [7, 11) is 0. The molecule has 1 aromatic rings. The minimum atomic E-state index is 0.412. The summed E-state index contributed by atoms with van der Waals surface area (Å²) in [5.41, 5.74) is 0. The molecule has 0 radical (unpaired) electrons. The zero-order valence-corrected chi connectivity index (χ0v) is 11.4. The summed E-state index contributed by atoms with van der Waals surface area (Å²) in [4.78, 5) is 0. The Labute approximate surface area is 101 Å². The van der Waals surface area contributed by atoms with Crippen LogP contribution in [0.5, 0.6) is 0 Å². The molecule has 0 saturated carbocycles. The minimum absolute atomic E-state index is 0.412. The average Bonchev–Trinajstić information content (AvgIpc) is 2.56. The van der Waals surface area contributed by atoms with Crippen molar-refractivity contribution in [3.63, 3.8) is 0 Å². The van der Waals surface area contributed by atoms with Crippen molar-refractivity contribution in [2.45, 2.75) is 39.2 Å². The van der Waals surface area contributed by atoms with Crippen molar-refractivity contribution in [2.24, 2.45) is 0 Å². The van der Waals surface area contributed by atoms with Crippen molar-refractivity contribution in [3.05, 3.63) is 10.6 Å². The summed E-state index contributed by atoms with van der Waals surface area (Å²) in [5.74, 6) is 2.63. The number of nitrogens with one attached hydrogen (secondary N) is 1. The van der Waals surface area contributed by atoms with Crippen LogP contribution in [-0.4, -0.2) is 26.8 Å². The van der Waals surface area contributed by atoms with Crippen LogP contribution < -0.4 is 0 Å². The quantitative estimate of drug-likeness (QED) is 0.807. The summed E-state index contributed by atoms with van der Waals surface area (Å²) in [6, 6.07) is 0.432. The Morgan fingerprint density at radius 2 is 2.13 bits per heavy atom. The van der Waals surface area contributed by atoms with Gasteiger partial charge in [-0.2, -0.15) is 16.9 Å². The first-order valence-corrected chi connectivity index (χ1v) is 7.03. The zero-order valence-electron chi connectivity index (χ0n) is 9.78. The molecule has 15 heavy (non-hydrogen) atoms. The van der Waals surface area contributed by atoms with Crippen LogP contribution in [0.2, 0.25) is 0 Å². The van der Waals surface area contributed by atoms with Crippen molar-refractivity contribution in [3.8, 4) is 0 Å². The maximum absolute atomic E-state index is 5.26. The molecule has 0 bridgehead atoms. The van der Waals surface area contributed by atoms with Crippen LogP contribution in [-0.2, 0) is 0 Å². The number of aromatic nitrogens is 3. The van der Waals surface area contributed by atoms with E-state index in [4.69, 9.17) is 12.2 Å². The van der Waals surface area contributed by atoms with Crippen molar-refractivity contribution < 1.29 is 0 Å². The van der Waals surface area contributed by atoms with Crippen LogP contribution in [0.25, 0.3) is 0 Å². The van der Waals surface area contributed by atoms with Gasteiger partial charge in [0.05, 0.1) is 0 Å². The van der Waals surface area contributed by atoms with Gasteiger partial charge in [0.2, 0.25) is 0 Å². The number of rotatable bonds is 5. The molecule has 0 amide bonds. The van der Waals surface area contributed by atoms with Gasteiger partial charge in [0, 0.05) is 12.0 Å². The SMILES string of the molecule is CSCCC(C)n1c(C(C)C)n[nH]c1=S. The summed E-state index contributed by atoms with van der Waals surface area (Å²) < 4.78 is 2.89. The Kier molecular flexibility index (Phi) is 4.86. The van der Waals surface area contributed by atoms with E-state index in [1.807, 2.05) is 11.8 Å². The number of hydrogen-bond acceptors (Lipinski definition) is 3. The summed E-state index contributed by atoms with van der Waals surface area (Å²) >= 11 is 7.13. The van der Waals surface area contributed by atoms with Crippen LogP contribution in [0.4, 0.5) is 0 Å². The van der Waals surface area contributed by atoms with Gasteiger partial charge in [-0.3, -0.25) is 5.10 Å². The lowest BCUT2D eigenvalue weighted by Gasteiger charge is -2.16. The second-order valence-electron chi connectivity index (χ2n) is 4.04. The van der Waals surface area contributed by atoms with Crippen LogP contribution >= 0.6 is 24.0 Å². The Hall–Kier alpha value is -0.290. The first kappa shape index (κ1) is 12.8. The molecule has 0 aliphatic carbocycles. The van der Waals surface area contributed by atoms with E-state index in [0.29, 0.717) is 12.0 Å². The van der Waals surface area contributed by atoms with Crippen molar-refractivity contribution in [1.29, 1.82) is 0 Å². The molecule has 86 valence electrons. The first-order chi connectivity index (χ1) is 7.07. The topological polar surface area (TPSA) is 33.6 Å². The fourth-order valence-corrected chi connectivity index (χ4v) is 2.46. The first-order valence-electron chi connectivity index (χ1n) is 5.23. The lowest BCUT2D eigenvalue weighted by molar-refractivity contribution is 0.495. The van der Waals surface area contributed by atoms with E-state index < -0.39 is 0 Å². The molecule has 1 N–H and O–H groups in total. The average molecular weight is 245 g/mol. The molecule has 0 fully saturated rings. The van der Waals surface area contributed by atoms with E-state index in [2.05, 4.69) is 41.8 Å². The van der Waals surface area contributed by atoms with Crippen LogP contribution in [0, 0.1) is 4.77 Å². The molecule has 0 aliphatic heterocycles. The largest absolute Gasteiger partial charge is 0.301 e.